The Morgan fingerprint density at radius 2 is 1.94 bits per heavy atom. The number of ether oxygens (including phenoxy) is 1. The van der Waals surface area contributed by atoms with Gasteiger partial charge in [0, 0.05) is 24.1 Å². The Morgan fingerprint density at radius 1 is 1.13 bits per heavy atom. The molecule has 1 saturated heterocycles. The van der Waals surface area contributed by atoms with Crippen LogP contribution >= 0.6 is 0 Å². The lowest BCUT2D eigenvalue weighted by atomic mass is 10.1. The SMILES string of the molecule is O=C(CN1N=C(c2ccccc2)Cn2c(cc3ccccc32)C1=O)NCC1CCCO1. The third-order valence-corrected chi connectivity index (χ3v) is 5.76. The van der Waals surface area contributed by atoms with Crippen LogP contribution in [0.2, 0.25) is 0 Å². The van der Waals surface area contributed by atoms with E-state index in [0.717, 1.165) is 41.6 Å². The molecule has 2 amide bonds. The molecule has 31 heavy (non-hydrogen) atoms. The van der Waals surface area contributed by atoms with Crippen LogP contribution < -0.4 is 5.32 Å². The molecule has 5 rings (SSSR count). The van der Waals surface area contributed by atoms with Crippen molar-refractivity contribution in [2.75, 3.05) is 19.7 Å². The van der Waals surface area contributed by atoms with Gasteiger partial charge in [0.15, 0.2) is 0 Å². The standard InChI is InChI=1S/C24H24N4O3/c29-23(25-14-19-10-6-12-31-19)16-28-24(30)22-13-18-9-4-5-11-21(18)27(22)15-20(26-28)17-7-2-1-3-8-17/h1-5,7-9,11,13,19H,6,10,12,14-16H2,(H,25,29). The maximum atomic E-state index is 13.4. The Balaban J connectivity index is 1.46. The molecule has 0 spiro atoms. The fraction of sp³-hybridized carbons (Fsp3) is 0.292. The van der Waals surface area contributed by atoms with Crippen molar-refractivity contribution in [3.63, 3.8) is 0 Å². The van der Waals surface area contributed by atoms with Gasteiger partial charge in [0.05, 0.1) is 18.4 Å². The average molecular weight is 416 g/mol. The lowest BCUT2D eigenvalue weighted by molar-refractivity contribution is -0.122. The fourth-order valence-corrected chi connectivity index (χ4v) is 4.17. The first-order valence-corrected chi connectivity index (χ1v) is 10.6. The minimum absolute atomic E-state index is 0.0506. The zero-order chi connectivity index (χ0) is 21.2. The molecule has 1 aromatic heterocycles. The molecule has 2 aliphatic heterocycles. The molecule has 0 bridgehead atoms. The molecule has 0 aliphatic carbocycles. The first-order chi connectivity index (χ1) is 15.2. The predicted molar refractivity (Wildman–Crippen MR) is 118 cm³/mol. The van der Waals surface area contributed by atoms with Gasteiger partial charge >= 0.3 is 0 Å². The van der Waals surface area contributed by atoms with Crippen LogP contribution in [0.25, 0.3) is 10.9 Å². The lowest BCUT2D eigenvalue weighted by Crippen LogP contribution is -2.40. The number of hydrazone groups is 1. The molecule has 1 N–H and O–H groups in total. The van der Waals surface area contributed by atoms with E-state index in [0.29, 0.717) is 18.8 Å². The molecular weight excluding hydrogens is 392 g/mol. The molecular formula is C24H24N4O3. The largest absolute Gasteiger partial charge is 0.376 e. The Labute approximate surface area is 180 Å². The zero-order valence-corrected chi connectivity index (χ0v) is 17.2. The van der Waals surface area contributed by atoms with Crippen molar-refractivity contribution in [1.82, 2.24) is 14.9 Å². The summed E-state index contributed by atoms with van der Waals surface area (Å²) in [5.74, 6) is -0.529. The first-order valence-electron chi connectivity index (χ1n) is 10.6. The van der Waals surface area contributed by atoms with Crippen LogP contribution in [0.15, 0.2) is 65.8 Å². The van der Waals surface area contributed by atoms with Crippen molar-refractivity contribution >= 4 is 28.4 Å². The number of carbonyl (C=O) groups is 2. The third kappa shape index (κ3) is 3.96. The number of rotatable bonds is 5. The number of carbonyl (C=O) groups excluding carboxylic acids is 2. The monoisotopic (exact) mass is 416 g/mol. The Morgan fingerprint density at radius 3 is 2.74 bits per heavy atom. The third-order valence-electron chi connectivity index (χ3n) is 5.76. The van der Waals surface area contributed by atoms with Gasteiger partial charge < -0.3 is 14.6 Å². The van der Waals surface area contributed by atoms with Gasteiger partial charge in [0.2, 0.25) is 5.91 Å². The van der Waals surface area contributed by atoms with Gasteiger partial charge in [0.1, 0.15) is 12.2 Å². The van der Waals surface area contributed by atoms with E-state index in [1.54, 1.807) is 0 Å². The minimum atomic E-state index is -0.283. The summed E-state index contributed by atoms with van der Waals surface area (Å²) in [7, 11) is 0. The van der Waals surface area contributed by atoms with Crippen molar-refractivity contribution < 1.29 is 14.3 Å². The number of hydrogen-bond acceptors (Lipinski definition) is 4. The van der Waals surface area contributed by atoms with E-state index in [-0.39, 0.29) is 24.5 Å². The van der Waals surface area contributed by atoms with Gasteiger partial charge in [-0.05, 0) is 30.5 Å². The van der Waals surface area contributed by atoms with E-state index in [1.807, 2.05) is 65.2 Å². The molecule has 1 unspecified atom stereocenters. The second kappa shape index (κ2) is 8.35. The molecule has 2 aliphatic rings. The van der Waals surface area contributed by atoms with Crippen LogP contribution in [0.5, 0.6) is 0 Å². The molecule has 7 nitrogen and oxygen atoms in total. The summed E-state index contributed by atoms with van der Waals surface area (Å²) in [5, 5.41) is 9.78. The molecule has 2 aromatic carbocycles. The highest BCUT2D eigenvalue weighted by molar-refractivity contribution is 6.07. The molecule has 1 atom stereocenters. The average Bonchev–Trinajstić information content (AvgIpc) is 3.42. The molecule has 0 saturated carbocycles. The maximum absolute atomic E-state index is 13.4. The van der Waals surface area contributed by atoms with Crippen molar-refractivity contribution in [2.45, 2.75) is 25.5 Å². The summed E-state index contributed by atoms with van der Waals surface area (Å²) in [4.78, 5) is 26.0. The van der Waals surface area contributed by atoms with E-state index in [2.05, 4.69) is 10.4 Å². The lowest BCUT2D eigenvalue weighted by Gasteiger charge is -2.17. The van der Waals surface area contributed by atoms with Gasteiger partial charge in [-0.1, -0.05) is 48.5 Å². The second-order valence-corrected chi connectivity index (χ2v) is 7.89. The Bertz CT molecular complexity index is 1150. The minimum Gasteiger partial charge on any atom is -0.376 e. The van der Waals surface area contributed by atoms with Crippen LogP contribution in [0.1, 0.15) is 28.9 Å². The summed E-state index contributed by atoms with van der Waals surface area (Å²) in [6.45, 7) is 1.51. The smallest absolute Gasteiger partial charge is 0.291 e. The summed E-state index contributed by atoms with van der Waals surface area (Å²) in [5.41, 5.74) is 3.16. The maximum Gasteiger partial charge on any atom is 0.291 e. The number of nitrogens with zero attached hydrogens (tertiary/aromatic N) is 3. The summed E-state index contributed by atoms with van der Waals surface area (Å²) >= 11 is 0. The second-order valence-electron chi connectivity index (χ2n) is 7.89. The highest BCUT2D eigenvalue weighted by Gasteiger charge is 2.28. The van der Waals surface area contributed by atoms with Gasteiger partial charge in [-0.3, -0.25) is 9.59 Å². The highest BCUT2D eigenvalue weighted by atomic mass is 16.5. The molecule has 1 fully saturated rings. The van der Waals surface area contributed by atoms with Crippen LogP contribution in [0.4, 0.5) is 0 Å². The van der Waals surface area contributed by atoms with E-state index in [9.17, 15) is 9.59 Å². The van der Waals surface area contributed by atoms with E-state index >= 15 is 0 Å². The number of aromatic nitrogens is 1. The van der Waals surface area contributed by atoms with Crippen LogP contribution in [-0.4, -0.2) is 52.9 Å². The predicted octanol–water partition coefficient (Wildman–Crippen LogP) is 2.80. The molecule has 3 aromatic rings. The van der Waals surface area contributed by atoms with E-state index in [4.69, 9.17) is 4.74 Å². The molecule has 7 heteroatoms. The first kappa shape index (κ1) is 19.5. The fourth-order valence-electron chi connectivity index (χ4n) is 4.17. The number of amides is 2. The number of fused-ring (bicyclic) bond motifs is 3. The van der Waals surface area contributed by atoms with Crippen LogP contribution in [-0.2, 0) is 16.1 Å². The number of para-hydroxylation sites is 1. The normalized spacial score (nSPS) is 18.6. The quantitative estimate of drug-likeness (QED) is 0.695. The molecule has 3 heterocycles. The van der Waals surface area contributed by atoms with Crippen LogP contribution in [0.3, 0.4) is 0 Å². The highest BCUT2D eigenvalue weighted by Crippen LogP contribution is 2.24. The molecule has 158 valence electrons. The molecule has 0 radical (unpaired) electrons. The van der Waals surface area contributed by atoms with Crippen LogP contribution in [0, 0.1) is 0 Å². The van der Waals surface area contributed by atoms with E-state index < -0.39 is 0 Å². The topological polar surface area (TPSA) is 75.9 Å². The van der Waals surface area contributed by atoms with Gasteiger partial charge in [-0.15, -0.1) is 0 Å². The van der Waals surface area contributed by atoms with Gasteiger partial charge in [-0.25, -0.2) is 5.01 Å². The van der Waals surface area contributed by atoms with Crippen molar-refractivity contribution in [3.8, 4) is 0 Å². The van der Waals surface area contributed by atoms with E-state index in [1.165, 1.54) is 5.01 Å². The van der Waals surface area contributed by atoms with Gasteiger partial charge in [-0.2, -0.15) is 5.10 Å². The van der Waals surface area contributed by atoms with Crippen molar-refractivity contribution in [1.29, 1.82) is 0 Å². The summed E-state index contributed by atoms with van der Waals surface area (Å²) in [6.07, 6.45) is 2.01. The van der Waals surface area contributed by atoms with Gasteiger partial charge in [0.25, 0.3) is 5.91 Å². The zero-order valence-electron chi connectivity index (χ0n) is 17.2. The van der Waals surface area contributed by atoms with Crippen molar-refractivity contribution in [3.05, 3.63) is 71.9 Å². The Hall–Kier alpha value is -3.45. The number of nitrogens with one attached hydrogen (secondary N) is 1. The number of benzene rings is 2. The number of hydrogen-bond donors (Lipinski definition) is 1. The van der Waals surface area contributed by atoms with Crippen molar-refractivity contribution in [2.24, 2.45) is 5.10 Å². The Kier molecular flexibility index (Phi) is 5.26. The summed E-state index contributed by atoms with van der Waals surface area (Å²) < 4.78 is 7.54. The summed E-state index contributed by atoms with van der Waals surface area (Å²) in [6, 6.07) is 19.5.